The molecule has 2 aromatic rings. The van der Waals surface area contributed by atoms with Gasteiger partial charge >= 0.3 is 0 Å². The average molecular weight is 198 g/mol. The highest BCUT2D eigenvalue weighted by Gasteiger charge is 1.86. The average Bonchev–Trinajstić information content (AvgIpc) is 2.29. The van der Waals surface area contributed by atoms with Gasteiger partial charge in [0.2, 0.25) is 0 Å². The fraction of sp³-hybridized carbons (Fsp3) is 0.0769. The van der Waals surface area contributed by atoms with E-state index in [1.165, 1.54) is 0 Å². The highest BCUT2D eigenvalue weighted by Crippen LogP contribution is 2.16. The normalized spacial score (nSPS) is 9.87. The number of benzene rings is 2. The number of hydrogen-bond acceptors (Lipinski definition) is 2. The first kappa shape index (κ1) is 11.1. The summed E-state index contributed by atoms with van der Waals surface area (Å²) >= 11 is 0. The molecule has 0 radical (unpaired) electrons. The van der Waals surface area contributed by atoms with Crippen LogP contribution in [0.4, 0.5) is 11.4 Å². The van der Waals surface area contributed by atoms with Crippen LogP contribution < -0.4 is 0 Å². The SMILES string of the molecule is C.c1ccc(N=Nc2ccccc2)cc1. The smallest absolute Gasteiger partial charge is 0.0857 e. The van der Waals surface area contributed by atoms with Crippen LogP contribution in [-0.4, -0.2) is 0 Å². The van der Waals surface area contributed by atoms with Gasteiger partial charge in [-0.15, -0.1) is 0 Å². The van der Waals surface area contributed by atoms with Crippen LogP contribution in [-0.2, 0) is 0 Å². The summed E-state index contributed by atoms with van der Waals surface area (Å²) in [6.07, 6.45) is 0. The minimum Gasteiger partial charge on any atom is -0.151 e. The quantitative estimate of drug-likeness (QED) is 0.623. The minimum absolute atomic E-state index is 0. The van der Waals surface area contributed by atoms with Crippen molar-refractivity contribution < 1.29 is 0 Å². The molecule has 0 aliphatic heterocycles. The van der Waals surface area contributed by atoms with Crippen molar-refractivity contribution >= 4 is 11.4 Å². The molecule has 0 atom stereocenters. The largest absolute Gasteiger partial charge is 0.151 e. The van der Waals surface area contributed by atoms with Gasteiger partial charge in [0.25, 0.3) is 0 Å². The van der Waals surface area contributed by atoms with E-state index in [0.29, 0.717) is 0 Å². The molecule has 0 fully saturated rings. The monoisotopic (exact) mass is 198 g/mol. The molecule has 0 amide bonds. The van der Waals surface area contributed by atoms with E-state index in [0.717, 1.165) is 11.4 Å². The fourth-order valence-corrected chi connectivity index (χ4v) is 1.10. The number of rotatable bonds is 2. The van der Waals surface area contributed by atoms with E-state index in [2.05, 4.69) is 10.2 Å². The summed E-state index contributed by atoms with van der Waals surface area (Å²) in [6, 6.07) is 19.4. The van der Waals surface area contributed by atoms with E-state index in [1.54, 1.807) is 0 Å². The topological polar surface area (TPSA) is 24.7 Å². The van der Waals surface area contributed by atoms with Crippen molar-refractivity contribution in [2.24, 2.45) is 10.2 Å². The van der Waals surface area contributed by atoms with E-state index >= 15 is 0 Å². The van der Waals surface area contributed by atoms with Gasteiger partial charge in [-0.3, -0.25) is 0 Å². The van der Waals surface area contributed by atoms with Crippen LogP contribution in [0.3, 0.4) is 0 Å². The zero-order chi connectivity index (χ0) is 9.64. The van der Waals surface area contributed by atoms with Gasteiger partial charge in [0.15, 0.2) is 0 Å². The molecule has 0 N–H and O–H groups in total. The van der Waals surface area contributed by atoms with Gasteiger partial charge < -0.3 is 0 Å². The molecule has 76 valence electrons. The Labute approximate surface area is 90.3 Å². The summed E-state index contributed by atoms with van der Waals surface area (Å²) < 4.78 is 0. The van der Waals surface area contributed by atoms with Crippen molar-refractivity contribution in [3.8, 4) is 0 Å². The highest BCUT2D eigenvalue weighted by molar-refractivity contribution is 5.39. The molecule has 2 nitrogen and oxygen atoms in total. The summed E-state index contributed by atoms with van der Waals surface area (Å²) in [4.78, 5) is 0. The van der Waals surface area contributed by atoms with Gasteiger partial charge in [-0.25, -0.2) is 0 Å². The molecule has 0 heterocycles. The maximum atomic E-state index is 4.10. The zero-order valence-electron chi connectivity index (χ0n) is 7.67. The van der Waals surface area contributed by atoms with Gasteiger partial charge in [0.05, 0.1) is 11.4 Å². The molecule has 2 rings (SSSR count). The lowest BCUT2D eigenvalue weighted by Gasteiger charge is -1.91. The molecule has 15 heavy (non-hydrogen) atoms. The first-order chi connectivity index (χ1) is 6.95. The number of hydrogen-bond donors (Lipinski definition) is 0. The molecule has 0 spiro atoms. The highest BCUT2D eigenvalue weighted by atomic mass is 15.1. The molecule has 0 saturated carbocycles. The third-order valence-corrected chi connectivity index (χ3v) is 1.79. The molecule has 0 aliphatic carbocycles. The second-order valence-electron chi connectivity index (χ2n) is 2.87. The molecule has 0 bridgehead atoms. The van der Waals surface area contributed by atoms with Crippen LogP contribution in [0.2, 0.25) is 0 Å². The van der Waals surface area contributed by atoms with Crippen molar-refractivity contribution in [1.29, 1.82) is 0 Å². The van der Waals surface area contributed by atoms with Gasteiger partial charge in [0, 0.05) is 0 Å². The number of nitrogens with zero attached hydrogens (tertiary/aromatic N) is 2. The second kappa shape index (κ2) is 5.70. The molecular formula is C13H14N2. The van der Waals surface area contributed by atoms with Crippen LogP contribution in [0.5, 0.6) is 0 Å². The maximum Gasteiger partial charge on any atom is 0.0857 e. The predicted molar refractivity (Wildman–Crippen MR) is 63.8 cm³/mol. The second-order valence-corrected chi connectivity index (χ2v) is 2.87. The zero-order valence-corrected chi connectivity index (χ0v) is 7.67. The standard InChI is InChI=1S/C12H10N2.CH4/c1-3-7-11(8-4-1)13-14-12-9-5-2-6-10-12;/h1-10H;1H4. The van der Waals surface area contributed by atoms with E-state index in [9.17, 15) is 0 Å². The number of azo groups is 1. The molecule has 0 aromatic heterocycles. The Bertz CT molecular complexity index is 366. The van der Waals surface area contributed by atoms with Crippen molar-refractivity contribution in [1.82, 2.24) is 0 Å². The lowest BCUT2D eigenvalue weighted by atomic mass is 10.3. The maximum absolute atomic E-state index is 4.10. The van der Waals surface area contributed by atoms with Crippen LogP contribution in [0.1, 0.15) is 7.43 Å². The summed E-state index contributed by atoms with van der Waals surface area (Å²) in [5, 5.41) is 8.20. The Balaban J connectivity index is 0.00000112. The lowest BCUT2D eigenvalue weighted by Crippen LogP contribution is -1.62. The van der Waals surface area contributed by atoms with E-state index in [1.807, 2.05) is 60.7 Å². The van der Waals surface area contributed by atoms with E-state index < -0.39 is 0 Å². The van der Waals surface area contributed by atoms with Crippen molar-refractivity contribution in [3.63, 3.8) is 0 Å². The predicted octanol–water partition coefficient (Wildman–Crippen LogP) is 4.74. The van der Waals surface area contributed by atoms with Crippen LogP contribution in [0.25, 0.3) is 0 Å². The third-order valence-electron chi connectivity index (χ3n) is 1.79. The van der Waals surface area contributed by atoms with Crippen molar-refractivity contribution in [2.45, 2.75) is 7.43 Å². The van der Waals surface area contributed by atoms with E-state index in [-0.39, 0.29) is 7.43 Å². The van der Waals surface area contributed by atoms with Crippen molar-refractivity contribution in [2.75, 3.05) is 0 Å². The summed E-state index contributed by atoms with van der Waals surface area (Å²) in [5.74, 6) is 0. The van der Waals surface area contributed by atoms with Crippen LogP contribution in [0, 0.1) is 0 Å². The van der Waals surface area contributed by atoms with Crippen molar-refractivity contribution in [3.05, 3.63) is 60.7 Å². The fourth-order valence-electron chi connectivity index (χ4n) is 1.10. The Morgan fingerprint density at radius 1 is 0.533 bits per heavy atom. The first-order valence-electron chi connectivity index (χ1n) is 4.47. The van der Waals surface area contributed by atoms with Crippen LogP contribution in [0.15, 0.2) is 70.9 Å². The minimum atomic E-state index is 0. The molecule has 0 saturated heterocycles. The van der Waals surface area contributed by atoms with Gasteiger partial charge in [0.1, 0.15) is 0 Å². The van der Waals surface area contributed by atoms with Gasteiger partial charge in [-0.1, -0.05) is 43.8 Å². The summed E-state index contributed by atoms with van der Waals surface area (Å²) in [7, 11) is 0. The Hall–Kier alpha value is -1.96. The molecule has 2 aromatic carbocycles. The molecule has 2 heteroatoms. The summed E-state index contributed by atoms with van der Waals surface area (Å²) in [6.45, 7) is 0. The van der Waals surface area contributed by atoms with Gasteiger partial charge in [-0.05, 0) is 24.3 Å². The van der Waals surface area contributed by atoms with Crippen LogP contribution >= 0.6 is 0 Å². The molecular weight excluding hydrogens is 184 g/mol. The first-order valence-corrected chi connectivity index (χ1v) is 4.47. The lowest BCUT2D eigenvalue weighted by molar-refractivity contribution is 1.23. The van der Waals surface area contributed by atoms with E-state index in [4.69, 9.17) is 0 Å². The molecule has 0 unspecified atom stereocenters. The molecule has 0 aliphatic rings. The Morgan fingerprint density at radius 3 is 1.20 bits per heavy atom. The Kier molecular flexibility index (Phi) is 4.23. The third kappa shape index (κ3) is 3.35. The summed E-state index contributed by atoms with van der Waals surface area (Å²) in [5.41, 5.74) is 1.74. The van der Waals surface area contributed by atoms with Gasteiger partial charge in [-0.2, -0.15) is 10.2 Å². The Morgan fingerprint density at radius 2 is 0.867 bits per heavy atom.